The van der Waals surface area contributed by atoms with E-state index in [0.717, 1.165) is 42.9 Å². The van der Waals surface area contributed by atoms with Crippen LogP contribution in [0.4, 0.5) is 11.4 Å². The summed E-state index contributed by atoms with van der Waals surface area (Å²) < 4.78 is 0. The largest absolute Gasteiger partial charge is 0.384 e. The summed E-state index contributed by atoms with van der Waals surface area (Å²) in [5.41, 5.74) is 2.68. The Kier molecular flexibility index (Phi) is 2.71. The van der Waals surface area contributed by atoms with Gasteiger partial charge in [0.2, 0.25) is 11.8 Å². The molecule has 4 rings (SSSR count). The molecule has 1 atom stereocenters. The molecule has 0 aliphatic carbocycles. The van der Waals surface area contributed by atoms with Crippen LogP contribution in [0, 0.1) is 0 Å². The van der Waals surface area contributed by atoms with E-state index in [0.29, 0.717) is 19.4 Å². The molecule has 0 bridgehead atoms. The number of carbonyl (C=O) groups is 2. The highest BCUT2D eigenvalue weighted by Crippen LogP contribution is 2.48. The molecule has 5 heteroatoms. The highest BCUT2D eigenvalue weighted by atomic mass is 16.2. The number of benzene rings is 1. The van der Waals surface area contributed by atoms with E-state index in [-0.39, 0.29) is 17.2 Å². The number of nitrogens with zero attached hydrogens (tertiary/aromatic N) is 1. The summed E-state index contributed by atoms with van der Waals surface area (Å²) in [6.07, 6.45) is 3.01. The van der Waals surface area contributed by atoms with Crippen molar-refractivity contribution in [3.63, 3.8) is 0 Å². The summed E-state index contributed by atoms with van der Waals surface area (Å²) in [6, 6.07) is 5.89. The second-order valence-corrected chi connectivity index (χ2v) is 6.35. The molecule has 3 heterocycles. The smallest absolute Gasteiger partial charge is 0.225 e. The fraction of sp³-hybridized carbons (Fsp3) is 0.500. The van der Waals surface area contributed by atoms with Gasteiger partial charge in [0, 0.05) is 54.8 Å². The molecule has 0 spiro atoms. The first kappa shape index (κ1) is 12.7. The summed E-state index contributed by atoms with van der Waals surface area (Å²) in [6.45, 7) is 2.40. The minimum atomic E-state index is -0.367. The van der Waals surface area contributed by atoms with Gasteiger partial charge in [-0.15, -0.1) is 0 Å². The van der Waals surface area contributed by atoms with E-state index in [4.69, 9.17) is 0 Å². The molecule has 0 aromatic heterocycles. The second kappa shape index (κ2) is 4.48. The maximum atomic E-state index is 12.6. The van der Waals surface area contributed by atoms with Crippen molar-refractivity contribution in [2.24, 2.45) is 0 Å². The minimum Gasteiger partial charge on any atom is -0.384 e. The van der Waals surface area contributed by atoms with Crippen LogP contribution in [0.1, 0.15) is 31.2 Å². The van der Waals surface area contributed by atoms with E-state index in [1.54, 1.807) is 0 Å². The molecule has 0 saturated carbocycles. The lowest BCUT2D eigenvalue weighted by atomic mass is 9.73. The van der Waals surface area contributed by atoms with Crippen LogP contribution >= 0.6 is 0 Å². The summed E-state index contributed by atoms with van der Waals surface area (Å²) in [5.74, 6) is 0.198. The van der Waals surface area contributed by atoms with Crippen molar-refractivity contribution in [2.75, 3.05) is 30.3 Å². The van der Waals surface area contributed by atoms with Gasteiger partial charge in [-0.1, -0.05) is 6.07 Å². The van der Waals surface area contributed by atoms with Crippen molar-refractivity contribution >= 4 is 23.2 Å². The Bertz CT molecular complexity index is 622. The number of likely N-dealkylation sites (tertiary alicyclic amines) is 1. The number of hydrogen-bond donors (Lipinski definition) is 2. The molecule has 110 valence electrons. The molecule has 1 aromatic rings. The van der Waals surface area contributed by atoms with Gasteiger partial charge in [0.05, 0.1) is 0 Å². The molecule has 1 unspecified atom stereocenters. The molecule has 1 aromatic carbocycles. The van der Waals surface area contributed by atoms with Gasteiger partial charge in [-0.25, -0.2) is 0 Å². The quantitative estimate of drug-likeness (QED) is 0.869. The molecule has 21 heavy (non-hydrogen) atoms. The van der Waals surface area contributed by atoms with E-state index >= 15 is 0 Å². The summed E-state index contributed by atoms with van der Waals surface area (Å²) in [7, 11) is 0. The van der Waals surface area contributed by atoms with Crippen LogP contribution < -0.4 is 10.6 Å². The Labute approximate surface area is 123 Å². The predicted octanol–water partition coefficient (Wildman–Crippen LogP) is 1.70. The van der Waals surface area contributed by atoms with Gasteiger partial charge in [-0.2, -0.15) is 0 Å². The zero-order valence-corrected chi connectivity index (χ0v) is 11.9. The lowest BCUT2D eigenvalue weighted by Crippen LogP contribution is -2.43. The van der Waals surface area contributed by atoms with E-state index in [1.165, 1.54) is 0 Å². The summed E-state index contributed by atoms with van der Waals surface area (Å²) in [5, 5.41) is 6.31. The topological polar surface area (TPSA) is 61.4 Å². The van der Waals surface area contributed by atoms with Crippen LogP contribution in [-0.4, -0.2) is 36.3 Å². The number of carbonyl (C=O) groups excluding carboxylic acids is 2. The minimum absolute atomic E-state index is 0.0116. The van der Waals surface area contributed by atoms with Gasteiger partial charge in [0.25, 0.3) is 0 Å². The number of rotatable bonds is 2. The fourth-order valence-electron chi connectivity index (χ4n) is 3.96. The van der Waals surface area contributed by atoms with E-state index in [2.05, 4.69) is 10.6 Å². The standard InChI is InChI=1S/C16H19N3O2/c20-13-8-16(9-14(21)19-6-1-2-7-19)10-17-11-4-3-5-12(18-13)15(11)16/h3-5,17H,1-2,6-10H2,(H,18,20). The predicted molar refractivity (Wildman–Crippen MR) is 80.3 cm³/mol. The SMILES string of the molecule is O=C1CC2(CC(=O)N3CCCC3)CNc3cccc(c32)N1. The van der Waals surface area contributed by atoms with Gasteiger partial charge in [-0.05, 0) is 25.0 Å². The zero-order valence-electron chi connectivity index (χ0n) is 11.9. The lowest BCUT2D eigenvalue weighted by molar-refractivity contribution is -0.131. The van der Waals surface area contributed by atoms with Crippen LogP contribution in [0.25, 0.3) is 0 Å². The van der Waals surface area contributed by atoms with E-state index < -0.39 is 0 Å². The van der Waals surface area contributed by atoms with Crippen molar-refractivity contribution in [3.8, 4) is 0 Å². The summed E-state index contributed by atoms with van der Waals surface area (Å²) in [4.78, 5) is 26.6. The number of nitrogens with one attached hydrogen (secondary N) is 2. The highest BCUT2D eigenvalue weighted by Gasteiger charge is 2.47. The van der Waals surface area contributed by atoms with Gasteiger partial charge < -0.3 is 15.5 Å². The van der Waals surface area contributed by atoms with Crippen molar-refractivity contribution in [2.45, 2.75) is 31.1 Å². The molecule has 1 saturated heterocycles. The highest BCUT2D eigenvalue weighted by molar-refractivity contribution is 5.99. The first-order valence-electron chi connectivity index (χ1n) is 7.63. The fourth-order valence-corrected chi connectivity index (χ4v) is 3.96. The van der Waals surface area contributed by atoms with Crippen LogP contribution in [0.3, 0.4) is 0 Å². The Hall–Kier alpha value is -2.04. The molecule has 5 nitrogen and oxygen atoms in total. The maximum absolute atomic E-state index is 12.6. The van der Waals surface area contributed by atoms with Gasteiger partial charge in [-0.3, -0.25) is 9.59 Å². The van der Waals surface area contributed by atoms with Crippen molar-refractivity contribution in [1.82, 2.24) is 4.90 Å². The van der Waals surface area contributed by atoms with Crippen LogP contribution in [0.2, 0.25) is 0 Å². The number of amides is 2. The Morgan fingerprint density at radius 2 is 2.00 bits per heavy atom. The number of hydrogen-bond acceptors (Lipinski definition) is 3. The van der Waals surface area contributed by atoms with Crippen molar-refractivity contribution in [3.05, 3.63) is 23.8 Å². The Morgan fingerprint density at radius 3 is 2.81 bits per heavy atom. The van der Waals surface area contributed by atoms with Gasteiger partial charge in [0.1, 0.15) is 0 Å². The average Bonchev–Trinajstić information content (AvgIpc) is 3.08. The molecule has 3 aliphatic rings. The van der Waals surface area contributed by atoms with Crippen molar-refractivity contribution in [1.29, 1.82) is 0 Å². The normalized spacial score (nSPS) is 26.3. The molecule has 1 fully saturated rings. The third-order valence-corrected chi connectivity index (χ3v) is 4.93. The van der Waals surface area contributed by atoms with Crippen LogP contribution in [0.15, 0.2) is 18.2 Å². The van der Waals surface area contributed by atoms with Crippen LogP contribution in [-0.2, 0) is 15.0 Å². The van der Waals surface area contributed by atoms with Gasteiger partial charge in [0.15, 0.2) is 0 Å². The third kappa shape index (κ3) is 1.91. The van der Waals surface area contributed by atoms with Gasteiger partial charge >= 0.3 is 0 Å². The molecule has 2 amide bonds. The second-order valence-electron chi connectivity index (χ2n) is 6.35. The molecular weight excluding hydrogens is 266 g/mol. The summed E-state index contributed by atoms with van der Waals surface area (Å²) >= 11 is 0. The lowest BCUT2D eigenvalue weighted by Gasteiger charge is -2.34. The molecule has 0 radical (unpaired) electrons. The first-order chi connectivity index (χ1) is 10.2. The van der Waals surface area contributed by atoms with E-state index in [1.807, 2.05) is 23.1 Å². The zero-order chi connectivity index (χ0) is 14.4. The average molecular weight is 285 g/mol. The first-order valence-corrected chi connectivity index (χ1v) is 7.63. The van der Waals surface area contributed by atoms with Crippen molar-refractivity contribution < 1.29 is 9.59 Å². The molecule has 3 aliphatic heterocycles. The monoisotopic (exact) mass is 285 g/mol. The number of anilines is 2. The Morgan fingerprint density at radius 1 is 1.24 bits per heavy atom. The molecule has 2 N–H and O–H groups in total. The third-order valence-electron chi connectivity index (χ3n) is 4.93. The van der Waals surface area contributed by atoms with Crippen LogP contribution in [0.5, 0.6) is 0 Å². The Balaban J connectivity index is 1.70. The molecular formula is C16H19N3O2. The van der Waals surface area contributed by atoms with E-state index in [9.17, 15) is 9.59 Å². The maximum Gasteiger partial charge on any atom is 0.225 e.